The van der Waals surface area contributed by atoms with E-state index in [-0.39, 0.29) is 0 Å². The summed E-state index contributed by atoms with van der Waals surface area (Å²) >= 11 is 0. The van der Waals surface area contributed by atoms with Crippen LogP contribution in [0.5, 0.6) is 0 Å². The summed E-state index contributed by atoms with van der Waals surface area (Å²) in [6.07, 6.45) is 0. The predicted octanol–water partition coefficient (Wildman–Crippen LogP) is 2.64. The van der Waals surface area contributed by atoms with Gasteiger partial charge >= 0.3 is 23.2 Å². The van der Waals surface area contributed by atoms with Crippen LogP contribution in [-0.4, -0.2) is 35.1 Å². The summed E-state index contributed by atoms with van der Waals surface area (Å²) in [7, 11) is -8.12. The van der Waals surface area contributed by atoms with Gasteiger partial charge in [-0.3, -0.25) is 18.1 Å². The van der Waals surface area contributed by atoms with Gasteiger partial charge in [0.05, 0.1) is 0 Å². The zero-order chi connectivity index (χ0) is 13.7. The summed E-state index contributed by atoms with van der Waals surface area (Å²) in [5.74, 6) is 0. The van der Waals surface area contributed by atoms with Crippen molar-refractivity contribution in [3.63, 3.8) is 0 Å². The van der Waals surface area contributed by atoms with Gasteiger partial charge in [-0.1, -0.05) is 0 Å². The van der Waals surface area contributed by atoms with Crippen LogP contribution in [-0.2, 0) is 40.4 Å². The number of rotatable bonds is 8. The fraction of sp³-hybridized carbons (Fsp3) is 1.00. The molecule has 0 bridgehead atoms. The predicted molar refractivity (Wildman–Crippen MR) is 58.9 cm³/mol. The van der Waals surface area contributed by atoms with Gasteiger partial charge in [0, 0.05) is 35.1 Å². The van der Waals surface area contributed by atoms with Gasteiger partial charge in [-0.05, 0) is 0 Å². The maximum absolute atomic E-state index is 11.8. The van der Waals surface area contributed by atoms with Crippen molar-refractivity contribution < 1.29 is 40.4 Å². The van der Waals surface area contributed by atoms with Gasteiger partial charge in [-0.2, -0.15) is 4.31 Å². The highest BCUT2D eigenvalue weighted by atomic mass is 31.3. The molecule has 0 aromatic rings. The first-order valence-electron chi connectivity index (χ1n) is 4.09. The van der Waals surface area contributed by atoms with Crippen molar-refractivity contribution in [2.75, 3.05) is 35.1 Å². The van der Waals surface area contributed by atoms with Crippen LogP contribution >= 0.6 is 23.2 Å². The second kappa shape index (κ2) is 6.57. The van der Waals surface area contributed by atoms with Gasteiger partial charge < -0.3 is 4.52 Å². The minimum atomic E-state index is -4.39. The van der Waals surface area contributed by atoms with Crippen LogP contribution in [0.15, 0.2) is 0 Å². The third kappa shape index (κ3) is 5.75. The average Bonchev–Trinajstić information content (AvgIpc) is 2.28. The van der Waals surface area contributed by atoms with E-state index in [0.717, 1.165) is 35.1 Å². The quantitative estimate of drug-likeness (QED) is 0.625. The molecule has 12 heteroatoms. The first kappa shape index (κ1) is 17.4. The largest absolute Gasteiger partial charge is 0.490 e. The zero-order valence-electron chi connectivity index (χ0n) is 10.0. The van der Waals surface area contributed by atoms with Crippen LogP contribution < -0.4 is 0 Å². The maximum atomic E-state index is 11.8. The molecule has 2 unspecified atom stereocenters. The Labute approximate surface area is 99.4 Å². The summed E-state index contributed by atoms with van der Waals surface area (Å²) in [5.41, 5.74) is 0. The Morgan fingerprint density at radius 3 is 1.35 bits per heavy atom. The molecule has 104 valence electrons. The van der Waals surface area contributed by atoms with E-state index in [2.05, 4.69) is 26.7 Å². The summed E-state index contributed by atoms with van der Waals surface area (Å²) in [6.45, 7) is 1.03. The van der Waals surface area contributed by atoms with Crippen LogP contribution in [0.2, 0.25) is 0 Å². The molecule has 0 saturated heterocycles. The van der Waals surface area contributed by atoms with Gasteiger partial charge in [-0.15, -0.1) is 0 Å². The lowest BCUT2D eigenvalue weighted by Crippen LogP contribution is -1.99. The summed E-state index contributed by atoms with van der Waals surface area (Å²) < 4.78 is 61.5. The van der Waals surface area contributed by atoms with Gasteiger partial charge in [0.2, 0.25) is 0 Å². The topological polar surface area (TPSA) is 107 Å². The SMILES string of the molecule is COP(C)(=O)OP(=O)(OC)OP(=O)(OC)OC. The van der Waals surface area contributed by atoms with E-state index in [9.17, 15) is 13.7 Å². The molecular formula is C5H15O9P3. The van der Waals surface area contributed by atoms with E-state index in [4.69, 9.17) is 0 Å². The van der Waals surface area contributed by atoms with E-state index in [1.807, 2.05) is 0 Å². The molecule has 2 atom stereocenters. The summed E-state index contributed by atoms with van der Waals surface area (Å²) in [5, 5.41) is 0. The van der Waals surface area contributed by atoms with Crippen molar-refractivity contribution in [3.8, 4) is 0 Å². The van der Waals surface area contributed by atoms with Crippen LogP contribution in [0, 0.1) is 0 Å². The highest BCUT2D eigenvalue weighted by Crippen LogP contribution is 2.70. The first-order valence-corrected chi connectivity index (χ1v) is 9.00. The minimum absolute atomic E-state index is 0.950. The van der Waals surface area contributed by atoms with Crippen LogP contribution in [0.3, 0.4) is 0 Å². The molecular weight excluding hydrogens is 297 g/mol. The zero-order valence-corrected chi connectivity index (χ0v) is 12.7. The molecule has 9 nitrogen and oxygen atoms in total. The Morgan fingerprint density at radius 2 is 1.06 bits per heavy atom. The van der Waals surface area contributed by atoms with Crippen LogP contribution in [0.1, 0.15) is 0 Å². The van der Waals surface area contributed by atoms with Crippen molar-refractivity contribution in [1.82, 2.24) is 0 Å². The molecule has 0 spiro atoms. The molecule has 0 aromatic heterocycles. The lowest BCUT2D eigenvalue weighted by molar-refractivity contribution is 0.170. The Kier molecular flexibility index (Phi) is 6.74. The van der Waals surface area contributed by atoms with Crippen molar-refractivity contribution in [1.29, 1.82) is 0 Å². The lowest BCUT2D eigenvalue weighted by atomic mass is 11.8. The van der Waals surface area contributed by atoms with E-state index in [0.29, 0.717) is 0 Å². The molecule has 0 aliphatic heterocycles. The average molecular weight is 312 g/mol. The fourth-order valence-corrected chi connectivity index (χ4v) is 4.86. The normalized spacial score (nSPS) is 19.6. The fourth-order valence-electron chi connectivity index (χ4n) is 0.560. The van der Waals surface area contributed by atoms with Gasteiger partial charge in [0.1, 0.15) is 0 Å². The minimum Gasteiger partial charge on any atom is -0.312 e. The Balaban J connectivity index is 5.00. The van der Waals surface area contributed by atoms with E-state index >= 15 is 0 Å². The van der Waals surface area contributed by atoms with Crippen LogP contribution in [0.4, 0.5) is 0 Å². The van der Waals surface area contributed by atoms with Crippen molar-refractivity contribution in [2.24, 2.45) is 0 Å². The van der Waals surface area contributed by atoms with Gasteiger partial charge in [0.15, 0.2) is 0 Å². The Bertz CT molecular complexity index is 371. The molecule has 0 aromatic carbocycles. The molecule has 0 N–H and O–H groups in total. The molecule has 0 amide bonds. The second-order valence-corrected chi connectivity index (χ2v) is 8.66. The Hall–Kier alpha value is 0.450. The number of phosphoric ester groups is 1. The van der Waals surface area contributed by atoms with Gasteiger partial charge in [0.25, 0.3) is 0 Å². The molecule has 0 heterocycles. The molecule has 0 radical (unpaired) electrons. The smallest absolute Gasteiger partial charge is 0.312 e. The first-order chi connectivity index (χ1) is 7.66. The third-order valence-electron chi connectivity index (χ3n) is 1.45. The molecule has 0 saturated carbocycles. The number of hydrogen-bond acceptors (Lipinski definition) is 9. The molecule has 0 aliphatic carbocycles. The molecule has 0 rings (SSSR count). The summed E-state index contributed by atoms with van der Waals surface area (Å²) in [4.78, 5) is 0. The highest BCUT2D eigenvalue weighted by Gasteiger charge is 2.42. The lowest BCUT2D eigenvalue weighted by Gasteiger charge is -2.21. The third-order valence-corrected chi connectivity index (χ3v) is 7.04. The molecule has 17 heavy (non-hydrogen) atoms. The van der Waals surface area contributed by atoms with Crippen LogP contribution in [0.25, 0.3) is 0 Å². The Morgan fingerprint density at radius 1 is 0.647 bits per heavy atom. The van der Waals surface area contributed by atoms with E-state index < -0.39 is 23.2 Å². The standard InChI is InChI=1S/C5H15O9P3/c1-9-15(5,6)13-17(8,12-4)14-16(7,10-2)11-3/h1-5H3. The number of phosphoric acid groups is 2. The molecule has 0 fully saturated rings. The maximum Gasteiger partial charge on any atom is 0.490 e. The van der Waals surface area contributed by atoms with Gasteiger partial charge in [-0.25, -0.2) is 13.4 Å². The molecule has 0 aliphatic rings. The van der Waals surface area contributed by atoms with Crippen molar-refractivity contribution >= 4 is 23.2 Å². The number of hydrogen-bond donors (Lipinski definition) is 0. The summed E-state index contributed by atoms with van der Waals surface area (Å²) in [6, 6.07) is 0. The second-order valence-electron chi connectivity index (χ2n) is 2.56. The monoisotopic (exact) mass is 312 g/mol. The van der Waals surface area contributed by atoms with Crippen molar-refractivity contribution in [2.45, 2.75) is 0 Å². The van der Waals surface area contributed by atoms with E-state index in [1.165, 1.54) is 0 Å². The highest BCUT2D eigenvalue weighted by molar-refractivity contribution is 7.69. The van der Waals surface area contributed by atoms with E-state index in [1.54, 1.807) is 0 Å². The van der Waals surface area contributed by atoms with Crippen molar-refractivity contribution in [3.05, 3.63) is 0 Å².